The highest BCUT2D eigenvalue weighted by atomic mass is 28.3. The quantitative estimate of drug-likeness (QED) is 0.227. The SMILES string of the molecule is CN(c1ccc(-c2ccc(-n3cccn3)c3nnn(COCC[Si](C)(C)C)c23)nn1)C1CC2CCC(C1)N2C(=O)O. The first-order valence-electron chi connectivity index (χ1n) is 14.2. The number of benzene rings is 1. The van der Waals surface area contributed by atoms with Gasteiger partial charge in [0.25, 0.3) is 0 Å². The van der Waals surface area contributed by atoms with E-state index in [0.29, 0.717) is 24.5 Å². The number of hydrogen-bond acceptors (Lipinski definition) is 8. The van der Waals surface area contributed by atoms with Gasteiger partial charge >= 0.3 is 6.09 Å². The van der Waals surface area contributed by atoms with E-state index in [2.05, 4.69) is 50.1 Å². The molecule has 2 fully saturated rings. The van der Waals surface area contributed by atoms with E-state index in [0.717, 1.165) is 54.3 Å². The van der Waals surface area contributed by atoms with Gasteiger partial charge in [0.15, 0.2) is 5.82 Å². The number of hydrogen-bond donors (Lipinski definition) is 1. The molecular weight excluding hydrogens is 538 g/mol. The molecule has 2 atom stereocenters. The van der Waals surface area contributed by atoms with Crippen molar-refractivity contribution in [1.29, 1.82) is 0 Å². The minimum absolute atomic E-state index is 0.0771. The number of aromatic nitrogens is 7. The third-order valence-electron chi connectivity index (χ3n) is 8.37. The van der Waals surface area contributed by atoms with Crippen LogP contribution in [0.15, 0.2) is 42.7 Å². The van der Waals surface area contributed by atoms with Gasteiger partial charge < -0.3 is 19.6 Å². The first kappa shape index (κ1) is 27.3. The molecule has 3 aromatic heterocycles. The molecule has 5 heterocycles. The van der Waals surface area contributed by atoms with Crippen molar-refractivity contribution >= 4 is 31.0 Å². The molecule has 0 radical (unpaired) electrons. The summed E-state index contributed by atoms with van der Waals surface area (Å²) in [7, 11) is 0.811. The van der Waals surface area contributed by atoms with Gasteiger partial charge in [0.2, 0.25) is 0 Å². The maximum Gasteiger partial charge on any atom is 0.407 e. The fourth-order valence-corrected chi connectivity index (χ4v) is 6.87. The number of anilines is 1. The minimum atomic E-state index is -1.21. The molecule has 6 rings (SSSR count). The van der Waals surface area contributed by atoms with Crippen molar-refractivity contribution in [2.24, 2.45) is 0 Å². The van der Waals surface area contributed by atoms with Crippen LogP contribution >= 0.6 is 0 Å². The number of fused-ring (bicyclic) bond motifs is 3. The summed E-state index contributed by atoms with van der Waals surface area (Å²) in [6.07, 6.45) is 6.29. The summed E-state index contributed by atoms with van der Waals surface area (Å²) in [6.45, 7) is 7.97. The van der Waals surface area contributed by atoms with Crippen molar-refractivity contribution in [3.05, 3.63) is 42.7 Å². The Balaban J connectivity index is 1.27. The third kappa shape index (κ3) is 5.43. The number of piperidine rings is 1. The van der Waals surface area contributed by atoms with Gasteiger partial charge in [-0.3, -0.25) is 0 Å². The maximum absolute atomic E-state index is 11.7. The zero-order valence-electron chi connectivity index (χ0n) is 24.0. The molecule has 1 amide bonds. The largest absolute Gasteiger partial charge is 0.465 e. The van der Waals surface area contributed by atoms with E-state index in [-0.39, 0.29) is 18.1 Å². The lowest BCUT2D eigenvalue weighted by atomic mass is 9.96. The van der Waals surface area contributed by atoms with Crippen LogP contribution in [0.2, 0.25) is 25.7 Å². The molecule has 1 N–H and O–H groups in total. The van der Waals surface area contributed by atoms with Crippen molar-refractivity contribution in [3.8, 4) is 16.9 Å². The normalized spacial score (nSPS) is 20.6. The lowest BCUT2D eigenvalue weighted by Gasteiger charge is -2.41. The van der Waals surface area contributed by atoms with Crippen LogP contribution in [0, 0.1) is 0 Å². The van der Waals surface area contributed by atoms with Crippen LogP contribution in [0.4, 0.5) is 10.6 Å². The predicted molar refractivity (Wildman–Crippen MR) is 158 cm³/mol. The molecule has 2 unspecified atom stereocenters. The molecule has 2 saturated heterocycles. The molecule has 2 aliphatic rings. The van der Waals surface area contributed by atoms with E-state index >= 15 is 0 Å². The van der Waals surface area contributed by atoms with E-state index < -0.39 is 14.2 Å². The standard InChI is InChI=1S/C28H37N9O3Si/c1-34(21-16-19-6-7-20(17-21)37(19)28(38)39)25-11-9-23(30-31-25)22-8-10-24(35-13-5-12-29-35)26-27(22)36(33-32-26)18-40-14-15-41(2,3)4/h5,8-13,19-21H,6-7,14-18H2,1-4H3,(H,38,39). The van der Waals surface area contributed by atoms with E-state index in [4.69, 9.17) is 4.74 Å². The van der Waals surface area contributed by atoms with Crippen molar-refractivity contribution < 1.29 is 14.6 Å². The molecule has 216 valence electrons. The Labute approximate surface area is 239 Å². The Kier molecular flexibility index (Phi) is 7.24. The number of carboxylic acid groups (broad SMARTS) is 1. The summed E-state index contributed by atoms with van der Waals surface area (Å²) in [6, 6.07) is 11.3. The molecular formula is C28H37N9O3Si. The van der Waals surface area contributed by atoms with Gasteiger partial charge in [-0.25, -0.2) is 14.2 Å². The summed E-state index contributed by atoms with van der Waals surface area (Å²) in [5.74, 6) is 0.771. The summed E-state index contributed by atoms with van der Waals surface area (Å²) in [5, 5.41) is 32.2. The number of ether oxygens (including phenoxy) is 1. The second-order valence-corrected chi connectivity index (χ2v) is 17.9. The first-order valence-corrected chi connectivity index (χ1v) is 17.9. The van der Waals surface area contributed by atoms with Gasteiger partial charge in [-0.1, -0.05) is 24.9 Å². The molecule has 1 aromatic carbocycles. The highest BCUT2D eigenvalue weighted by molar-refractivity contribution is 6.76. The van der Waals surface area contributed by atoms with Gasteiger partial charge in [-0.15, -0.1) is 15.3 Å². The molecule has 4 aromatic rings. The topological polar surface area (TPSA) is 127 Å². The Hall–Kier alpha value is -3.84. The van der Waals surface area contributed by atoms with Gasteiger partial charge in [0, 0.05) is 57.8 Å². The number of rotatable bonds is 9. The lowest BCUT2D eigenvalue weighted by molar-refractivity contribution is 0.0803. The van der Waals surface area contributed by atoms with Gasteiger partial charge in [-0.2, -0.15) is 5.10 Å². The molecule has 13 heteroatoms. The van der Waals surface area contributed by atoms with Crippen molar-refractivity contribution in [1.82, 2.24) is 39.9 Å². The fourth-order valence-electron chi connectivity index (χ4n) is 6.12. The summed E-state index contributed by atoms with van der Waals surface area (Å²) >= 11 is 0. The first-order chi connectivity index (χ1) is 19.7. The van der Waals surface area contributed by atoms with Crippen molar-refractivity contribution in [2.45, 2.75) is 76.2 Å². The Morgan fingerprint density at radius 3 is 2.51 bits per heavy atom. The smallest absolute Gasteiger partial charge is 0.407 e. The van der Waals surface area contributed by atoms with Crippen molar-refractivity contribution in [3.63, 3.8) is 0 Å². The van der Waals surface area contributed by atoms with Crippen LogP contribution in [-0.2, 0) is 11.5 Å². The summed E-state index contributed by atoms with van der Waals surface area (Å²) in [4.78, 5) is 15.5. The average molecular weight is 576 g/mol. The Bertz CT molecular complexity index is 1500. The van der Waals surface area contributed by atoms with Crippen LogP contribution in [-0.4, -0.2) is 90.9 Å². The second-order valence-electron chi connectivity index (χ2n) is 12.3. The van der Waals surface area contributed by atoms with E-state index in [1.165, 1.54) is 0 Å². The molecule has 2 aliphatic heterocycles. The predicted octanol–water partition coefficient (Wildman–Crippen LogP) is 4.50. The zero-order valence-corrected chi connectivity index (χ0v) is 25.0. The molecule has 0 saturated carbocycles. The average Bonchev–Trinajstić information content (AvgIpc) is 3.69. The van der Waals surface area contributed by atoms with Gasteiger partial charge in [0.05, 0.1) is 11.4 Å². The van der Waals surface area contributed by atoms with Crippen LogP contribution < -0.4 is 4.90 Å². The highest BCUT2D eigenvalue weighted by Crippen LogP contribution is 2.38. The summed E-state index contributed by atoms with van der Waals surface area (Å²) < 4.78 is 9.60. The molecule has 0 aliphatic carbocycles. The Morgan fingerprint density at radius 1 is 1.10 bits per heavy atom. The second kappa shape index (κ2) is 10.9. The van der Waals surface area contributed by atoms with Crippen LogP contribution in [0.1, 0.15) is 25.7 Å². The molecule has 41 heavy (non-hydrogen) atoms. The number of nitrogens with zero attached hydrogens (tertiary/aromatic N) is 9. The molecule has 2 bridgehead atoms. The summed E-state index contributed by atoms with van der Waals surface area (Å²) in [5.41, 5.74) is 3.94. The van der Waals surface area contributed by atoms with E-state index in [9.17, 15) is 9.90 Å². The van der Waals surface area contributed by atoms with Crippen LogP contribution in [0.3, 0.4) is 0 Å². The fraction of sp³-hybridized carbons (Fsp3) is 0.500. The maximum atomic E-state index is 11.7. The van der Waals surface area contributed by atoms with Crippen molar-refractivity contribution in [2.75, 3.05) is 18.6 Å². The zero-order chi connectivity index (χ0) is 28.7. The minimum Gasteiger partial charge on any atom is -0.465 e. The number of carbonyl (C=O) groups is 1. The highest BCUT2D eigenvalue weighted by Gasteiger charge is 2.44. The molecule has 0 spiro atoms. The van der Waals surface area contributed by atoms with Gasteiger partial charge in [0.1, 0.15) is 17.8 Å². The van der Waals surface area contributed by atoms with Crippen LogP contribution in [0.25, 0.3) is 28.0 Å². The lowest BCUT2D eigenvalue weighted by Crippen LogP contribution is -2.51. The monoisotopic (exact) mass is 575 g/mol. The van der Waals surface area contributed by atoms with E-state index in [1.54, 1.807) is 20.5 Å². The number of amides is 1. The van der Waals surface area contributed by atoms with Crippen LogP contribution in [0.5, 0.6) is 0 Å². The third-order valence-corrected chi connectivity index (χ3v) is 10.1. The van der Waals surface area contributed by atoms with Gasteiger partial charge in [-0.05, 0) is 62.1 Å². The van der Waals surface area contributed by atoms with E-state index in [1.807, 2.05) is 43.6 Å². The Morgan fingerprint density at radius 2 is 1.88 bits per heavy atom. The molecule has 12 nitrogen and oxygen atoms in total.